The highest BCUT2D eigenvalue weighted by Crippen LogP contribution is 1.92. The van der Waals surface area contributed by atoms with Crippen LogP contribution in [0.3, 0.4) is 0 Å². The molecule has 0 aliphatic heterocycles. The number of alkyl halides is 1. The van der Waals surface area contributed by atoms with Crippen molar-refractivity contribution >= 4 is 17.2 Å². The molecule has 0 aliphatic rings. The van der Waals surface area contributed by atoms with Gasteiger partial charge >= 0.3 is 5.69 Å². The summed E-state index contributed by atoms with van der Waals surface area (Å²) in [6.07, 6.45) is 8.26. The molecule has 0 amide bonds. The molecule has 78 valence electrons. The summed E-state index contributed by atoms with van der Waals surface area (Å²) in [7, 11) is 0. The molecule has 0 spiro atoms. The number of nitrogens with zero attached hydrogens (tertiary/aromatic N) is 4. The second kappa shape index (κ2) is 4.27. The first-order valence-corrected chi connectivity index (χ1v) is 4.96. The number of hydrogen-bond donors (Lipinski definition) is 0. The minimum atomic E-state index is -0.174. The standard InChI is InChI=1S/C9H9ClN4O/c10-3-1-2-5-14-9(15)13-6-4-11-7-8(13)12-14/h1-2,4,6-7H,3,5H2. The average molecular weight is 225 g/mol. The number of aromatic nitrogens is 4. The first kappa shape index (κ1) is 9.92. The van der Waals surface area contributed by atoms with Crippen LogP contribution in [0.25, 0.3) is 5.65 Å². The van der Waals surface area contributed by atoms with Crippen molar-refractivity contribution in [3.8, 4) is 0 Å². The summed E-state index contributed by atoms with van der Waals surface area (Å²) in [5.41, 5.74) is 0.369. The lowest BCUT2D eigenvalue weighted by molar-refractivity contribution is 0.672. The van der Waals surface area contributed by atoms with Gasteiger partial charge in [0.25, 0.3) is 0 Å². The second-order valence-electron chi connectivity index (χ2n) is 2.89. The lowest BCUT2D eigenvalue weighted by Gasteiger charge is -1.89. The van der Waals surface area contributed by atoms with Gasteiger partial charge in [-0.3, -0.25) is 4.98 Å². The van der Waals surface area contributed by atoms with Crippen LogP contribution in [-0.4, -0.2) is 25.0 Å². The van der Waals surface area contributed by atoms with E-state index in [1.807, 2.05) is 0 Å². The van der Waals surface area contributed by atoms with Gasteiger partial charge < -0.3 is 0 Å². The highest BCUT2D eigenvalue weighted by atomic mass is 35.5. The molecular weight excluding hydrogens is 216 g/mol. The Morgan fingerprint density at radius 2 is 2.33 bits per heavy atom. The lowest BCUT2D eigenvalue weighted by Crippen LogP contribution is -2.20. The average Bonchev–Trinajstić information content (AvgIpc) is 2.57. The van der Waals surface area contributed by atoms with Crippen molar-refractivity contribution in [2.75, 3.05) is 5.88 Å². The Morgan fingerprint density at radius 3 is 3.07 bits per heavy atom. The number of fused-ring (bicyclic) bond motifs is 1. The normalized spacial score (nSPS) is 11.5. The zero-order valence-electron chi connectivity index (χ0n) is 7.88. The third-order valence-corrected chi connectivity index (χ3v) is 2.10. The fraction of sp³-hybridized carbons (Fsp3) is 0.222. The fourth-order valence-corrected chi connectivity index (χ4v) is 1.36. The predicted octanol–water partition coefficient (Wildman–Crippen LogP) is 0.686. The Hall–Kier alpha value is -1.62. The fourth-order valence-electron chi connectivity index (χ4n) is 1.24. The predicted molar refractivity (Wildman–Crippen MR) is 57.1 cm³/mol. The van der Waals surface area contributed by atoms with E-state index in [0.717, 1.165) is 0 Å². The largest absolute Gasteiger partial charge is 0.350 e. The van der Waals surface area contributed by atoms with Crippen LogP contribution < -0.4 is 5.69 Å². The molecule has 0 saturated carbocycles. The molecule has 0 radical (unpaired) electrons. The van der Waals surface area contributed by atoms with E-state index in [1.54, 1.807) is 30.7 Å². The minimum absolute atomic E-state index is 0.174. The van der Waals surface area contributed by atoms with Crippen LogP contribution in [0.2, 0.25) is 0 Å². The molecule has 2 aromatic rings. The Bertz CT molecular complexity index is 542. The van der Waals surface area contributed by atoms with Gasteiger partial charge in [0.1, 0.15) is 0 Å². The molecule has 0 N–H and O–H groups in total. The molecule has 0 unspecified atom stereocenters. The highest BCUT2D eigenvalue weighted by molar-refractivity contribution is 6.18. The maximum atomic E-state index is 11.7. The van der Waals surface area contributed by atoms with Gasteiger partial charge in [0.15, 0.2) is 5.65 Å². The van der Waals surface area contributed by atoms with Crippen molar-refractivity contribution in [1.82, 2.24) is 19.2 Å². The van der Waals surface area contributed by atoms with E-state index in [4.69, 9.17) is 11.6 Å². The highest BCUT2D eigenvalue weighted by Gasteiger charge is 2.03. The Kier molecular flexibility index (Phi) is 2.82. The number of hydrogen-bond acceptors (Lipinski definition) is 3. The smallest absolute Gasteiger partial charge is 0.259 e. The van der Waals surface area contributed by atoms with Crippen LogP contribution in [0.15, 0.2) is 35.5 Å². The van der Waals surface area contributed by atoms with E-state index in [1.165, 1.54) is 9.08 Å². The molecule has 2 aromatic heterocycles. The third-order valence-electron chi connectivity index (χ3n) is 1.92. The molecule has 0 bridgehead atoms. The second-order valence-corrected chi connectivity index (χ2v) is 3.20. The third kappa shape index (κ3) is 1.92. The topological polar surface area (TPSA) is 52.2 Å². The van der Waals surface area contributed by atoms with Gasteiger partial charge in [-0.05, 0) is 0 Å². The molecule has 15 heavy (non-hydrogen) atoms. The van der Waals surface area contributed by atoms with E-state index in [9.17, 15) is 4.79 Å². The number of halogens is 1. The molecule has 6 heteroatoms. The van der Waals surface area contributed by atoms with E-state index < -0.39 is 0 Å². The summed E-state index contributed by atoms with van der Waals surface area (Å²) < 4.78 is 2.81. The first-order chi connectivity index (χ1) is 7.33. The summed E-state index contributed by atoms with van der Waals surface area (Å²) in [6.45, 7) is 0.424. The maximum absolute atomic E-state index is 11.7. The zero-order chi connectivity index (χ0) is 10.7. The van der Waals surface area contributed by atoms with Crippen molar-refractivity contribution in [2.24, 2.45) is 0 Å². The molecule has 0 fully saturated rings. The first-order valence-electron chi connectivity index (χ1n) is 4.43. The SMILES string of the molecule is O=c1n(CC=CCCl)nc2cnccn12. The Labute approximate surface area is 90.6 Å². The number of allylic oxidation sites excluding steroid dienone is 2. The van der Waals surface area contributed by atoms with Gasteiger partial charge in [-0.2, -0.15) is 0 Å². The maximum Gasteiger partial charge on any atom is 0.350 e. The monoisotopic (exact) mass is 224 g/mol. The van der Waals surface area contributed by atoms with E-state index in [2.05, 4.69) is 10.1 Å². The van der Waals surface area contributed by atoms with E-state index >= 15 is 0 Å². The summed E-state index contributed by atoms with van der Waals surface area (Å²) >= 11 is 5.48. The zero-order valence-corrected chi connectivity index (χ0v) is 8.63. The van der Waals surface area contributed by atoms with Gasteiger partial charge in [-0.1, -0.05) is 12.2 Å². The summed E-state index contributed by atoms with van der Waals surface area (Å²) in [4.78, 5) is 15.6. The molecule has 0 saturated heterocycles. The van der Waals surface area contributed by atoms with Crippen LogP contribution in [0.4, 0.5) is 0 Å². The van der Waals surface area contributed by atoms with Crippen molar-refractivity contribution in [2.45, 2.75) is 6.54 Å². The van der Waals surface area contributed by atoms with E-state index in [-0.39, 0.29) is 5.69 Å². The Morgan fingerprint density at radius 1 is 1.47 bits per heavy atom. The lowest BCUT2D eigenvalue weighted by atomic mass is 10.5. The molecule has 5 nitrogen and oxygen atoms in total. The van der Waals surface area contributed by atoms with Gasteiger partial charge in [0.05, 0.1) is 12.7 Å². The minimum Gasteiger partial charge on any atom is -0.259 e. The van der Waals surface area contributed by atoms with Crippen molar-refractivity contribution in [3.05, 3.63) is 41.2 Å². The molecule has 0 aliphatic carbocycles. The molecule has 2 heterocycles. The molecular formula is C9H9ClN4O. The summed E-state index contributed by atoms with van der Waals surface area (Å²) in [6, 6.07) is 0. The molecule has 0 atom stereocenters. The van der Waals surface area contributed by atoms with Crippen LogP contribution in [0.1, 0.15) is 0 Å². The van der Waals surface area contributed by atoms with Crippen LogP contribution in [-0.2, 0) is 6.54 Å². The number of rotatable bonds is 3. The van der Waals surface area contributed by atoms with Crippen LogP contribution in [0.5, 0.6) is 0 Å². The summed E-state index contributed by atoms with van der Waals surface area (Å²) in [5.74, 6) is 0.434. The van der Waals surface area contributed by atoms with Gasteiger partial charge in [0.2, 0.25) is 0 Å². The van der Waals surface area contributed by atoms with Gasteiger partial charge in [-0.25, -0.2) is 13.9 Å². The molecule has 2 rings (SSSR count). The quantitative estimate of drug-likeness (QED) is 0.569. The van der Waals surface area contributed by atoms with Crippen LogP contribution >= 0.6 is 11.6 Å². The van der Waals surface area contributed by atoms with Crippen LogP contribution in [0, 0.1) is 0 Å². The summed E-state index contributed by atoms with van der Waals surface area (Å²) in [5, 5.41) is 4.09. The van der Waals surface area contributed by atoms with Crippen molar-refractivity contribution < 1.29 is 0 Å². The van der Waals surface area contributed by atoms with Gasteiger partial charge in [0, 0.05) is 18.3 Å². The van der Waals surface area contributed by atoms with Crippen molar-refractivity contribution in [3.63, 3.8) is 0 Å². The van der Waals surface area contributed by atoms with Gasteiger partial charge in [-0.15, -0.1) is 16.7 Å². The van der Waals surface area contributed by atoms with E-state index in [0.29, 0.717) is 18.1 Å². The molecule has 0 aromatic carbocycles. The van der Waals surface area contributed by atoms with Crippen molar-refractivity contribution in [1.29, 1.82) is 0 Å². The Balaban J connectivity index is 2.40.